The highest BCUT2D eigenvalue weighted by Crippen LogP contribution is 2.33. The van der Waals surface area contributed by atoms with E-state index in [2.05, 4.69) is 36.4 Å². The largest absolute Gasteiger partial charge is 0.324 e. The second-order valence-electron chi connectivity index (χ2n) is 4.91. The second kappa shape index (κ2) is 4.24. The first-order valence-corrected chi connectivity index (χ1v) is 6.48. The first-order valence-electron chi connectivity index (χ1n) is 5.61. The summed E-state index contributed by atoms with van der Waals surface area (Å²) < 4.78 is 0. The Morgan fingerprint density at radius 1 is 1.60 bits per heavy atom. The maximum Gasteiger partial charge on any atom is 0.0284 e. The SMILES string of the molecule is CC(Cc1cccs1)N(C)CC1(N)CC1. The molecule has 15 heavy (non-hydrogen) atoms. The molecule has 0 aliphatic heterocycles. The number of likely N-dealkylation sites (N-methyl/N-ethyl adjacent to an activating group) is 1. The molecule has 2 N–H and O–H groups in total. The van der Waals surface area contributed by atoms with E-state index in [-0.39, 0.29) is 5.54 Å². The third-order valence-corrected chi connectivity index (χ3v) is 4.18. The monoisotopic (exact) mass is 224 g/mol. The van der Waals surface area contributed by atoms with Gasteiger partial charge in [-0.1, -0.05) is 6.07 Å². The third-order valence-electron chi connectivity index (χ3n) is 3.29. The Morgan fingerprint density at radius 3 is 2.87 bits per heavy atom. The van der Waals surface area contributed by atoms with Crippen LogP contribution in [0.5, 0.6) is 0 Å². The van der Waals surface area contributed by atoms with Crippen molar-refractivity contribution in [2.75, 3.05) is 13.6 Å². The van der Waals surface area contributed by atoms with Gasteiger partial charge in [-0.25, -0.2) is 0 Å². The molecule has 1 saturated carbocycles. The highest BCUT2D eigenvalue weighted by Gasteiger charge is 2.39. The molecule has 0 amide bonds. The summed E-state index contributed by atoms with van der Waals surface area (Å²) in [5.74, 6) is 0. The predicted molar refractivity (Wildman–Crippen MR) is 66.3 cm³/mol. The van der Waals surface area contributed by atoms with Gasteiger partial charge in [0.1, 0.15) is 0 Å². The number of thiophene rings is 1. The molecular formula is C12H20N2S. The summed E-state index contributed by atoms with van der Waals surface area (Å²) in [4.78, 5) is 3.86. The van der Waals surface area contributed by atoms with Crippen molar-refractivity contribution in [1.29, 1.82) is 0 Å². The van der Waals surface area contributed by atoms with E-state index in [0.29, 0.717) is 6.04 Å². The molecule has 0 aromatic carbocycles. The maximum absolute atomic E-state index is 6.12. The Balaban J connectivity index is 1.82. The van der Waals surface area contributed by atoms with E-state index in [4.69, 9.17) is 5.73 Å². The average molecular weight is 224 g/mol. The zero-order valence-corrected chi connectivity index (χ0v) is 10.4. The van der Waals surface area contributed by atoms with Crippen molar-refractivity contribution in [2.24, 2.45) is 5.73 Å². The van der Waals surface area contributed by atoms with E-state index in [1.165, 1.54) is 17.7 Å². The predicted octanol–water partition coefficient (Wildman–Crippen LogP) is 2.10. The van der Waals surface area contributed by atoms with Crippen LogP contribution in [0, 0.1) is 0 Å². The molecule has 1 aliphatic carbocycles. The van der Waals surface area contributed by atoms with Crippen LogP contribution in [-0.4, -0.2) is 30.1 Å². The molecule has 1 atom stereocenters. The zero-order valence-electron chi connectivity index (χ0n) is 9.57. The fourth-order valence-electron chi connectivity index (χ4n) is 1.85. The molecule has 1 unspecified atom stereocenters. The first-order chi connectivity index (χ1) is 7.09. The Morgan fingerprint density at radius 2 is 2.33 bits per heavy atom. The summed E-state index contributed by atoms with van der Waals surface area (Å²) in [6.45, 7) is 3.32. The number of nitrogens with zero attached hydrogens (tertiary/aromatic N) is 1. The standard InChI is InChI=1S/C12H20N2S/c1-10(8-11-4-3-7-15-11)14(2)9-12(13)5-6-12/h3-4,7,10H,5-6,8-9,13H2,1-2H3. The van der Waals surface area contributed by atoms with E-state index in [9.17, 15) is 0 Å². The van der Waals surface area contributed by atoms with Crippen LogP contribution in [0.3, 0.4) is 0 Å². The minimum Gasteiger partial charge on any atom is -0.324 e. The van der Waals surface area contributed by atoms with Gasteiger partial charge >= 0.3 is 0 Å². The quantitative estimate of drug-likeness (QED) is 0.830. The van der Waals surface area contributed by atoms with Gasteiger partial charge in [-0.2, -0.15) is 0 Å². The molecule has 2 rings (SSSR count). The highest BCUT2D eigenvalue weighted by atomic mass is 32.1. The molecule has 1 aromatic heterocycles. The van der Waals surface area contributed by atoms with E-state index in [1.807, 2.05) is 11.3 Å². The lowest BCUT2D eigenvalue weighted by atomic mass is 10.1. The number of rotatable bonds is 5. The Bertz CT molecular complexity index is 303. The summed E-state index contributed by atoms with van der Waals surface area (Å²) in [7, 11) is 2.19. The molecule has 1 fully saturated rings. The lowest BCUT2D eigenvalue weighted by Crippen LogP contribution is -2.42. The number of hydrogen-bond donors (Lipinski definition) is 1. The molecule has 1 aromatic rings. The van der Waals surface area contributed by atoms with Gasteiger partial charge in [0.2, 0.25) is 0 Å². The van der Waals surface area contributed by atoms with Crippen LogP contribution in [0.1, 0.15) is 24.6 Å². The van der Waals surface area contributed by atoms with Gasteiger partial charge in [0, 0.05) is 23.0 Å². The zero-order chi connectivity index (χ0) is 10.9. The van der Waals surface area contributed by atoms with Gasteiger partial charge in [-0.15, -0.1) is 11.3 Å². The van der Waals surface area contributed by atoms with Crippen LogP contribution in [0.15, 0.2) is 17.5 Å². The fraction of sp³-hybridized carbons (Fsp3) is 0.667. The van der Waals surface area contributed by atoms with Crippen molar-refractivity contribution < 1.29 is 0 Å². The van der Waals surface area contributed by atoms with Crippen molar-refractivity contribution >= 4 is 11.3 Å². The van der Waals surface area contributed by atoms with Gasteiger partial charge in [-0.3, -0.25) is 0 Å². The molecule has 2 nitrogen and oxygen atoms in total. The minimum atomic E-state index is 0.137. The molecule has 84 valence electrons. The minimum absolute atomic E-state index is 0.137. The first kappa shape index (κ1) is 11.1. The Hall–Kier alpha value is -0.380. The van der Waals surface area contributed by atoms with Crippen molar-refractivity contribution in [3.05, 3.63) is 22.4 Å². The number of nitrogens with two attached hydrogens (primary N) is 1. The average Bonchev–Trinajstić information content (AvgIpc) is 2.70. The third kappa shape index (κ3) is 3.03. The molecule has 0 radical (unpaired) electrons. The lowest BCUT2D eigenvalue weighted by Gasteiger charge is -2.27. The Kier molecular flexibility index (Phi) is 3.14. The lowest BCUT2D eigenvalue weighted by molar-refractivity contribution is 0.235. The molecule has 0 bridgehead atoms. The van der Waals surface area contributed by atoms with E-state index >= 15 is 0 Å². The van der Waals surface area contributed by atoms with Crippen molar-refractivity contribution in [3.8, 4) is 0 Å². The van der Waals surface area contributed by atoms with Crippen molar-refractivity contribution in [1.82, 2.24) is 4.90 Å². The summed E-state index contributed by atoms with van der Waals surface area (Å²) in [6.07, 6.45) is 3.54. The van der Waals surface area contributed by atoms with Gasteiger partial charge < -0.3 is 10.6 Å². The van der Waals surface area contributed by atoms with Crippen LogP contribution in [-0.2, 0) is 6.42 Å². The van der Waals surface area contributed by atoms with Gasteiger partial charge in [0.15, 0.2) is 0 Å². The topological polar surface area (TPSA) is 29.3 Å². The highest BCUT2D eigenvalue weighted by molar-refractivity contribution is 7.09. The van der Waals surface area contributed by atoms with Gasteiger partial charge in [-0.05, 0) is 44.7 Å². The fourth-order valence-corrected chi connectivity index (χ4v) is 2.67. The summed E-state index contributed by atoms with van der Waals surface area (Å²) >= 11 is 1.84. The number of hydrogen-bond acceptors (Lipinski definition) is 3. The summed E-state index contributed by atoms with van der Waals surface area (Å²) in [5, 5.41) is 2.15. The van der Waals surface area contributed by atoms with Crippen molar-refractivity contribution in [2.45, 2.75) is 37.8 Å². The van der Waals surface area contributed by atoms with Crippen LogP contribution in [0.4, 0.5) is 0 Å². The smallest absolute Gasteiger partial charge is 0.0284 e. The maximum atomic E-state index is 6.12. The van der Waals surface area contributed by atoms with Crippen LogP contribution < -0.4 is 5.73 Å². The Labute approximate surface area is 96.1 Å². The molecule has 1 aliphatic rings. The van der Waals surface area contributed by atoms with Crippen LogP contribution >= 0.6 is 11.3 Å². The summed E-state index contributed by atoms with van der Waals surface area (Å²) in [6, 6.07) is 4.92. The molecule has 0 spiro atoms. The van der Waals surface area contributed by atoms with E-state index in [1.54, 1.807) is 0 Å². The van der Waals surface area contributed by atoms with Crippen molar-refractivity contribution in [3.63, 3.8) is 0 Å². The normalized spacial score (nSPS) is 20.5. The van der Waals surface area contributed by atoms with Crippen LogP contribution in [0.25, 0.3) is 0 Å². The molecule has 1 heterocycles. The second-order valence-corrected chi connectivity index (χ2v) is 5.94. The van der Waals surface area contributed by atoms with Crippen LogP contribution in [0.2, 0.25) is 0 Å². The molecule has 3 heteroatoms. The van der Waals surface area contributed by atoms with E-state index < -0.39 is 0 Å². The van der Waals surface area contributed by atoms with Gasteiger partial charge in [0.25, 0.3) is 0 Å². The van der Waals surface area contributed by atoms with Gasteiger partial charge in [0.05, 0.1) is 0 Å². The summed E-state index contributed by atoms with van der Waals surface area (Å²) in [5.41, 5.74) is 6.26. The van der Waals surface area contributed by atoms with E-state index in [0.717, 1.165) is 13.0 Å². The molecule has 0 saturated heterocycles. The molecular weight excluding hydrogens is 204 g/mol.